The average Bonchev–Trinajstić information content (AvgIpc) is 2.46. The summed E-state index contributed by atoms with van der Waals surface area (Å²) in [7, 11) is 2.04. The second kappa shape index (κ2) is 7.51. The summed E-state index contributed by atoms with van der Waals surface area (Å²) in [6.07, 6.45) is 3.34. The predicted molar refractivity (Wildman–Crippen MR) is 77.9 cm³/mol. The molecule has 0 amide bonds. The number of para-hydroxylation sites is 1. The van der Waals surface area contributed by atoms with Crippen molar-refractivity contribution in [2.45, 2.75) is 38.1 Å². The molecule has 3 nitrogen and oxygen atoms in total. The van der Waals surface area contributed by atoms with E-state index in [-0.39, 0.29) is 0 Å². The molecule has 0 fully saturated rings. The van der Waals surface area contributed by atoms with E-state index in [1.54, 1.807) is 0 Å². The third-order valence-corrected chi connectivity index (χ3v) is 3.87. The molecule has 1 aliphatic rings. The molecule has 2 unspecified atom stereocenters. The zero-order valence-corrected chi connectivity index (χ0v) is 12.0. The Morgan fingerprint density at radius 2 is 2.26 bits per heavy atom. The molecule has 0 saturated carbocycles. The van der Waals surface area contributed by atoms with Crippen LogP contribution in [0.15, 0.2) is 24.3 Å². The lowest BCUT2D eigenvalue weighted by molar-refractivity contribution is 0.134. The van der Waals surface area contributed by atoms with Gasteiger partial charge in [-0.1, -0.05) is 18.2 Å². The number of rotatable bonds is 7. The van der Waals surface area contributed by atoms with Crippen molar-refractivity contribution in [1.29, 1.82) is 0 Å². The minimum Gasteiger partial charge on any atom is -0.493 e. The van der Waals surface area contributed by atoms with Gasteiger partial charge < -0.3 is 14.8 Å². The molecular formula is C16H25NO2. The SMILES string of the molecule is CCOCCC(CC1CCOc2ccccc21)NC. The Hall–Kier alpha value is -1.06. The van der Waals surface area contributed by atoms with Gasteiger partial charge in [-0.15, -0.1) is 0 Å². The summed E-state index contributed by atoms with van der Waals surface area (Å²) in [4.78, 5) is 0. The minimum absolute atomic E-state index is 0.516. The Kier molecular flexibility index (Phi) is 5.67. The standard InChI is InChI=1S/C16H25NO2/c1-3-18-10-9-14(17-2)12-13-8-11-19-16-7-5-4-6-15(13)16/h4-7,13-14,17H,3,8-12H2,1-2H3. The van der Waals surface area contributed by atoms with Crippen LogP contribution >= 0.6 is 0 Å². The summed E-state index contributed by atoms with van der Waals surface area (Å²) in [6.45, 7) is 4.52. The highest BCUT2D eigenvalue weighted by Gasteiger charge is 2.23. The first-order valence-electron chi connectivity index (χ1n) is 7.31. The molecule has 2 rings (SSSR count). The molecule has 19 heavy (non-hydrogen) atoms. The molecule has 3 heteroatoms. The largest absolute Gasteiger partial charge is 0.493 e. The fourth-order valence-corrected chi connectivity index (χ4v) is 2.75. The van der Waals surface area contributed by atoms with E-state index in [2.05, 4.69) is 23.5 Å². The van der Waals surface area contributed by atoms with Crippen LogP contribution in [0.1, 0.15) is 37.7 Å². The quantitative estimate of drug-likeness (QED) is 0.767. The zero-order chi connectivity index (χ0) is 13.5. The number of hydrogen-bond donors (Lipinski definition) is 1. The molecular weight excluding hydrogens is 238 g/mol. The van der Waals surface area contributed by atoms with Crippen LogP contribution < -0.4 is 10.1 Å². The lowest BCUT2D eigenvalue weighted by atomic mass is 9.87. The third-order valence-electron chi connectivity index (χ3n) is 3.87. The van der Waals surface area contributed by atoms with Crippen molar-refractivity contribution in [2.24, 2.45) is 0 Å². The van der Waals surface area contributed by atoms with Crippen molar-refractivity contribution in [3.05, 3.63) is 29.8 Å². The first kappa shape index (κ1) is 14.4. The summed E-state index contributed by atoms with van der Waals surface area (Å²) < 4.78 is 11.2. The molecule has 0 spiro atoms. The Morgan fingerprint density at radius 3 is 3.05 bits per heavy atom. The molecule has 1 aromatic carbocycles. The maximum absolute atomic E-state index is 5.72. The lowest BCUT2D eigenvalue weighted by Gasteiger charge is -2.29. The van der Waals surface area contributed by atoms with Crippen LogP contribution in [0.4, 0.5) is 0 Å². The summed E-state index contributed by atoms with van der Waals surface area (Å²) in [5, 5.41) is 3.42. The second-order valence-electron chi connectivity index (χ2n) is 5.08. The highest BCUT2D eigenvalue weighted by molar-refractivity contribution is 5.37. The van der Waals surface area contributed by atoms with Crippen molar-refractivity contribution in [1.82, 2.24) is 5.32 Å². The molecule has 1 N–H and O–H groups in total. The molecule has 106 valence electrons. The van der Waals surface area contributed by atoms with Gasteiger partial charge >= 0.3 is 0 Å². The van der Waals surface area contributed by atoms with Gasteiger partial charge in [0.05, 0.1) is 6.61 Å². The van der Waals surface area contributed by atoms with Gasteiger partial charge in [0.15, 0.2) is 0 Å². The van der Waals surface area contributed by atoms with Crippen LogP contribution in [0.2, 0.25) is 0 Å². The van der Waals surface area contributed by atoms with Gasteiger partial charge in [0.1, 0.15) is 5.75 Å². The first-order valence-corrected chi connectivity index (χ1v) is 7.31. The molecule has 0 bridgehead atoms. The van der Waals surface area contributed by atoms with Gasteiger partial charge in [0, 0.05) is 19.3 Å². The molecule has 0 radical (unpaired) electrons. The van der Waals surface area contributed by atoms with E-state index in [0.717, 1.165) is 44.8 Å². The molecule has 0 saturated heterocycles. The summed E-state index contributed by atoms with van der Waals surface area (Å²) >= 11 is 0. The van der Waals surface area contributed by atoms with Gasteiger partial charge in [-0.25, -0.2) is 0 Å². The maximum atomic E-state index is 5.72. The molecule has 0 aliphatic carbocycles. The van der Waals surface area contributed by atoms with E-state index in [1.807, 2.05) is 20.0 Å². The predicted octanol–water partition coefficient (Wildman–Crippen LogP) is 2.96. The number of benzene rings is 1. The molecule has 2 atom stereocenters. The molecule has 1 aromatic rings. The smallest absolute Gasteiger partial charge is 0.122 e. The van der Waals surface area contributed by atoms with Crippen LogP contribution in [0.3, 0.4) is 0 Å². The third kappa shape index (κ3) is 3.95. The molecule has 1 heterocycles. The van der Waals surface area contributed by atoms with Crippen LogP contribution in [-0.4, -0.2) is 32.9 Å². The van der Waals surface area contributed by atoms with E-state index in [9.17, 15) is 0 Å². The number of hydrogen-bond acceptors (Lipinski definition) is 3. The normalized spacial score (nSPS) is 19.6. The van der Waals surface area contributed by atoms with E-state index in [4.69, 9.17) is 9.47 Å². The maximum Gasteiger partial charge on any atom is 0.122 e. The van der Waals surface area contributed by atoms with Crippen LogP contribution in [0.5, 0.6) is 5.75 Å². The Labute approximate surface area is 116 Å². The fraction of sp³-hybridized carbons (Fsp3) is 0.625. The Morgan fingerprint density at radius 1 is 1.42 bits per heavy atom. The first-order chi connectivity index (χ1) is 9.35. The Balaban J connectivity index is 1.94. The summed E-state index contributed by atoms with van der Waals surface area (Å²) in [6, 6.07) is 8.95. The minimum atomic E-state index is 0.516. The van der Waals surface area contributed by atoms with Crippen LogP contribution in [0.25, 0.3) is 0 Å². The monoisotopic (exact) mass is 263 g/mol. The fourth-order valence-electron chi connectivity index (χ4n) is 2.75. The van der Waals surface area contributed by atoms with Gasteiger partial charge in [0.25, 0.3) is 0 Å². The van der Waals surface area contributed by atoms with Gasteiger partial charge in [-0.05, 0) is 50.8 Å². The number of ether oxygens (including phenoxy) is 2. The van der Waals surface area contributed by atoms with Crippen molar-refractivity contribution >= 4 is 0 Å². The Bertz CT molecular complexity index is 381. The molecule has 1 aliphatic heterocycles. The van der Waals surface area contributed by atoms with Crippen molar-refractivity contribution < 1.29 is 9.47 Å². The summed E-state index contributed by atoms with van der Waals surface area (Å²) in [5.41, 5.74) is 1.37. The van der Waals surface area contributed by atoms with E-state index < -0.39 is 0 Å². The van der Waals surface area contributed by atoms with Crippen LogP contribution in [0, 0.1) is 0 Å². The van der Waals surface area contributed by atoms with E-state index >= 15 is 0 Å². The van der Waals surface area contributed by atoms with Crippen LogP contribution in [-0.2, 0) is 4.74 Å². The average molecular weight is 263 g/mol. The number of fused-ring (bicyclic) bond motifs is 1. The van der Waals surface area contributed by atoms with E-state index in [0.29, 0.717) is 12.0 Å². The zero-order valence-electron chi connectivity index (χ0n) is 12.0. The second-order valence-corrected chi connectivity index (χ2v) is 5.08. The van der Waals surface area contributed by atoms with Gasteiger partial charge in [-0.3, -0.25) is 0 Å². The van der Waals surface area contributed by atoms with E-state index in [1.165, 1.54) is 5.56 Å². The van der Waals surface area contributed by atoms with Crippen molar-refractivity contribution in [3.8, 4) is 5.75 Å². The highest BCUT2D eigenvalue weighted by Crippen LogP contribution is 2.36. The number of nitrogens with one attached hydrogen (secondary N) is 1. The molecule has 0 aromatic heterocycles. The summed E-state index contributed by atoms with van der Waals surface area (Å²) in [5.74, 6) is 1.67. The lowest BCUT2D eigenvalue weighted by Crippen LogP contribution is -2.30. The topological polar surface area (TPSA) is 30.5 Å². The van der Waals surface area contributed by atoms with Crippen molar-refractivity contribution in [2.75, 3.05) is 26.9 Å². The highest BCUT2D eigenvalue weighted by atomic mass is 16.5. The van der Waals surface area contributed by atoms with Gasteiger partial charge in [0.2, 0.25) is 0 Å². The van der Waals surface area contributed by atoms with Crippen molar-refractivity contribution in [3.63, 3.8) is 0 Å². The van der Waals surface area contributed by atoms with Gasteiger partial charge in [-0.2, -0.15) is 0 Å².